The first-order chi connectivity index (χ1) is 12.7. The van der Waals surface area contributed by atoms with Gasteiger partial charge in [-0.25, -0.2) is 9.78 Å². The van der Waals surface area contributed by atoms with E-state index in [1.165, 1.54) is 0 Å². The predicted molar refractivity (Wildman–Crippen MR) is 111 cm³/mol. The molecule has 0 atom stereocenters. The number of nitrogens with zero attached hydrogens (tertiary/aromatic N) is 2. The molecule has 2 rings (SSSR count). The van der Waals surface area contributed by atoms with Gasteiger partial charge < -0.3 is 14.6 Å². The Bertz CT molecular complexity index is 870. The van der Waals surface area contributed by atoms with Crippen LogP contribution in [0.1, 0.15) is 61.8 Å². The highest BCUT2D eigenvalue weighted by atomic mass is 16.6. The number of rotatable bonds is 4. The Balaban J connectivity index is 2.16. The van der Waals surface area contributed by atoms with Crippen LogP contribution in [-0.4, -0.2) is 32.7 Å². The SMILES string of the molecule is CC(C)(CC(=O)Nc1nc2ccccc2n1C(C)(C)C)NC(=O)OC(C)(C)C. The zero-order valence-electron chi connectivity index (χ0n) is 18.1. The summed E-state index contributed by atoms with van der Waals surface area (Å²) in [5, 5.41) is 5.66. The first-order valence-corrected chi connectivity index (χ1v) is 9.47. The van der Waals surface area contributed by atoms with Crippen LogP contribution in [0.4, 0.5) is 10.7 Å². The number of carbonyl (C=O) groups is 2. The number of ether oxygens (including phenoxy) is 1. The zero-order chi connectivity index (χ0) is 21.3. The lowest BCUT2D eigenvalue weighted by Crippen LogP contribution is -2.47. The molecule has 28 heavy (non-hydrogen) atoms. The third-order valence-electron chi connectivity index (χ3n) is 3.92. The lowest BCUT2D eigenvalue weighted by atomic mass is 10.0. The van der Waals surface area contributed by atoms with Crippen LogP contribution in [0.25, 0.3) is 11.0 Å². The quantitative estimate of drug-likeness (QED) is 0.812. The maximum absolute atomic E-state index is 12.7. The molecule has 0 aliphatic heterocycles. The van der Waals surface area contributed by atoms with Crippen molar-refractivity contribution in [2.75, 3.05) is 5.32 Å². The number of benzene rings is 1. The molecule has 0 bridgehead atoms. The molecule has 7 heteroatoms. The number of aromatic nitrogens is 2. The molecule has 1 aromatic carbocycles. The number of nitrogens with one attached hydrogen (secondary N) is 2. The Kier molecular flexibility index (Phi) is 5.78. The predicted octanol–water partition coefficient (Wildman–Crippen LogP) is 4.42. The number of anilines is 1. The molecule has 0 unspecified atom stereocenters. The van der Waals surface area contributed by atoms with E-state index in [2.05, 4.69) is 36.4 Å². The minimum Gasteiger partial charge on any atom is -0.444 e. The second-order valence-corrected chi connectivity index (χ2v) is 9.67. The van der Waals surface area contributed by atoms with Crippen LogP contribution in [-0.2, 0) is 15.1 Å². The van der Waals surface area contributed by atoms with Gasteiger partial charge in [0.2, 0.25) is 11.9 Å². The molecule has 0 saturated heterocycles. The third kappa shape index (κ3) is 5.71. The Morgan fingerprint density at radius 3 is 2.21 bits per heavy atom. The molecule has 1 aromatic heterocycles. The van der Waals surface area contributed by atoms with Crippen molar-refractivity contribution in [1.82, 2.24) is 14.9 Å². The Morgan fingerprint density at radius 1 is 1.04 bits per heavy atom. The van der Waals surface area contributed by atoms with Crippen LogP contribution < -0.4 is 10.6 Å². The molecule has 0 aliphatic carbocycles. The number of alkyl carbamates (subject to hydrolysis) is 1. The maximum Gasteiger partial charge on any atom is 0.408 e. The zero-order valence-corrected chi connectivity index (χ0v) is 18.1. The van der Waals surface area contributed by atoms with Crippen molar-refractivity contribution in [2.45, 2.75) is 78.5 Å². The summed E-state index contributed by atoms with van der Waals surface area (Å²) in [5.41, 5.74) is 0.142. The number of hydrogen-bond acceptors (Lipinski definition) is 4. The number of hydrogen-bond donors (Lipinski definition) is 2. The topological polar surface area (TPSA) is 85.3 Å². The minimum absolute atomic E-state index is 0.0829. The highest BCUT2D eigenvalue weighted by Crippen LogP contribution is 2.28. The van der Waals surface area contributed by atoms with Crippen LogP contribution in [0.3, 0.4) is 0 Å². The molecule has 2 N–H and O–H groups in total. The Morgan fingerprint density at radius 2 is 1.64 bits per heavy atom. The fraction of sp³-hybridized carbons (Fsp3) is 0.571. The van der Waals surface area contributed by atoms with E-state index in [1.807, 2.05) is 28.8 Å². The van der Waals surface area contributed by atoms with E-state index in [0.29, 0.717) is 5.95 Å². The van der Waals surface area contributed by atoms with E-state index in [1.54, 1.807) is 34.6 Å². The van der Waals surface area contributed by atoms with Crippen molar-refractivity contribution in [1.29, 1.82) is 0 Å². The summed E-state index contributed by atoms with van der Waals surface area (Å²) < 4.78 is 7.29. The molecule has 154 valence electrons. The highest BCUT2D eigenvalue weighted by molar-refractivity contribution is 5.92. The molecule has 2 amide bonds. The van der Waals surface area contributed by atoms with E-state index < -0.39 is 17.2 Å². The minimum atomic E-state index is -0.773. The Labute approximate surface area is 166 Å². The summed E-state index contributed by atoms with van der Waals surface area (Å²) >= 11 is 0. The van der Waals surface area contributed by atoms with Crippen molar-refractivity contribution >= 4 is 29.0 Å². The van der Waals surface area contributed by atoms with Crippen LogP contribution in [0.2, 0.25) is 0 Å². The number of imidazole rings is 1. The maximum atomic E-state index is 12.7. The van der Waals surface area contributed by atoms with Crippen molar-refractivity contribution in [2.24, 2.45) is 0 Å². The van der Waals surface area contributed by atoms with Gasteiger partial charge in [-0.3, -0.25) is 10.1 Å². The van der Waals surface area contributed by atoms with Gasteiger partial charge in [0.25, 0.3) is 0 Å². The molecule has 0 aliphatic rings. The average molecular weight is 389 g/mol. The summed E-state index contributed by atoms with van der Waals surface area (Å²) in [4.78, 5) is 29.3. The van der Waals surface area contributed by atoms with Gasteiger partial charge in [-0.05, 0) is 67.5 Å². The van der Waals surface area contributed by atoms with Gasteiger partial charge in [-0.1, -0.05) is 12.1 Å². The fourth-order valence-corrected chi connectivity index (χ4v) is 2.98. The van der Waals surface area contributed by atoms with Crippen molar-refractivity contribution in [3.05, 3.63) is 24.3 Å². The monoisotopic (exact) mass is 388 g/mol. The van der Waals surface area contributed by atoms with Crippen LogP contribution in [0.5, 0.6) is 0 Å². The van der Waals surface area contributed by atoms with Gasteiger partial charge in [0.15, 0.2) is 0 Å². The van der Waals surface area contributed by atoms with E-state index in [9.17, 15) is 9.59 Å². The molecule has 2 aromatic rings. The number of fused-ring (bicyclic) bond motifs is 1. The van der Waals surface area contributed by atoms with Crippen molar-refractivity contribution in [3.63, 3.8) is 0 Å². The number of para-hydroxylation sites is 2. The normalized spacial score (nSPS) is 12.7. The van der Waals surface area contributed by atoms with Gasteiger partial charge in [-0.15, -0.1) is 0 Å². The number of carbonyl (C=O) groups excluding carboxylic acids is 2. The van der Waals surface area contributed by atoms with Gasteiger partial charge in [0.1, 0.15) is 5.60 Å². The molecular formula is C21H32N4O3. The van der Waals surface area contributed by atoms with Gasteiger partial charge >= 0.3 is 6.09 Å². The van der Waals surface area contributed by atoms with E-state index in [-0.39, 0.29) is 17.9 Å². The second-order valence-electron chi connectivity index (χ2n) is 9.67. The lowest BCUT2D eigenvalue weighted by Gasteiger charge is -2.28. The molecular weight excluding hydrogens is 356 g/mol. The summed E-state index contributed by atoms with van der Waals surface area (Å²) in [5.74, 6) is 0.258. The van der Waals surface area contributed by atoms with E-state index in [0.717, 1.165) is 11.0 Å². The Hall–Kier alpha value is -2.57. The third-order valence-corrected chi connectivity index (χ3v) is 3.92. The van der Waals surface area contributed by atoms with Crippen LogP contribution in [0.15, 0.2) is 24.3 Å². The fourth-order valence-electron chi connectivity index (χ4n) is 2.98. The highest BCUT2D eigenvalue weighted by Gasteiger charge is 2.29. The van der Waals surface area contributed by atoms with Crippen LogP contribution in [0, 0.1) is 0 Å². The lowest BCUT2D eigenvalue weighted by molar-refractivity contribution is -0.117. The van der Waals surface area contributed by atoms with Crippen LogP contribution >= 0.6 is 0 Å². The average Bonchev–Trinajstić information content (AvgIpc) is 2.80. The smallest absolute Gasteiger partial charge is 0.408 e. The molecule has 0 fully saturated rings. The van der Waals surface area contributed by atoms with Crippen molar-refractivity contribution < 1.29 is 14.3 Å². The molecule has 0 radical (unpaired) electrons. The summed E-state index contributed by atoms with van der Waals surface area (Å²) in [6.45, 7) is 15.1. The summed E-state index contributed by atoms with van der Waals surface area (Å²) in [6.07, 6.45) is -0.466. The first kappa shape index (κ1) is 21.7. The van der Waals surface area contributed by atoms with E-state index in [4.69, 9.17) is 4.74 Å². The largest absolute Gasteiger partial charge is 0.444 e. The second kappa shape index (κ2) is 7.45. The number of amides is 2. The summed E-state index contributed by atoms with van der Waals surface area (Å²) in [6, 6.07) is 7.77. The van der Waals surface area contributed by atoms with E-state index >= 15 is 0 Å². The molecule has 0 spiro atoms. The van der Waals surface area contributed by atoms with Gasteiger partial charge in [0, 0.05) is 17.5 Å². The van der Waals surface area contributed by atoms with Crippen molar-refractivity contribution in [3.8, 4) is 0 Å². The molecule has 1 heterocycles. The molecule has 0 saturated carbocycles. The summed E-state index contributed by atoms with van der Waals surface area (Å²) in [7, 11) is 0. The van der Waals surface area contributed by atoms with Gasteiger partial charge in [0.05, 0.1) is 11.0 Å². The van der Waals surface area contributed by atoms with Gasteiger partial charge in [-0.2, -0.15) is 0 Å². The molecule has 7 nitrogen and oxygen atoms in total. The standard InChI is InChI=1S/C21H32N4O3/c1-19(2,3)25-15-12-10-9-11-14(15)22-17(25)23-16(26)13-21(7,8)24-18(27)28-20(4,5)6/h9-12H,13H2,1-8H3,(H,24,27)(H,22,23,26). The first-order valence-electron chi connectivity index (χ1n) is 9.47.